The maximum absolute atomic E-state index is 2.43. The predicted molar refractivity (Wildman–Crippen MR) is 119 cm³/mol. The Morgan fingerprint density at radius 2 is 1.15 bits per heavy atom. The molecule has 2 aromatic carbocycles. The van der Waals surface area contributed by atoms with Gasteiger partial charge in [-0.2, -0.15) is 0 Å². The second kappa shape index (κ2) is 7.12. The maximum Gasteiger partial charge on any atom is -0.00236 e. The van der Waals surface area contributed by atoms with Gasteiger partial charge in [-0.3, -0.25) is 0 Å². The molecule has 0 aliphatic heterocycles. The predicted octanol–water partition coefficient (Wildman–Crippen LogP) is 8.15. The van der Waals surface area contributed by atoms with Crippen molar-refractivity contribution < 1.29 is 0 Å². The lowest BCUT2D eigenvalue weighted by Crippen LogP contribution is -2.39. The van der Waals surface area contributed by atoms with E-state index in [2.05, 4.69) is 97.0 Å². The minimum absolute atomic E-state index is 0.209. The van der Waals surface area contributed by atoms with Crippen LogP contribution >= 0.6 is 0 Å². The van der Waals surface area contributed by atoms with Gasteiger partial charge >= 0.3 is 0 Å². The molecule has 0 amide bonds. The van der Waals surface area contributed by atoms with Crippen LogP contribution in [0.4, 0.5) is 0 Å². The number of rotatable bonds is 3. The molecular formula is C27H38. The number of hydrogen-bond donors (Lipinski definition) is 0. The van der Waals surface area contributed by atoms with Crippen molar-refractivity contribution in [2.24, 2.45) is 11.3 Å². The number of benzene rings is 2. The molecule has 3 rings (SSSR count). The highest BCUT2D eigenvalue weighted by Gasteiger charge is 2.41. The molecule has 0 heterocycles. The zero-order valence-corrected chi connectivity index (χ0v) is 18.5. The van der Waals surface area contributed by atoms with Crippen LogP contribution < -0.4 is 0 Å². The monoisotopic (exact) mass is 362 g/mol. The molecule has 2 aromatic rings. The second-order valence-corrected chi connectivity index (χ2v) is 10.9. The Morgan fingerprint density at radius 3 is 1.56 bits per heavy atom. The summed E-state index contributed by atoms with van der Waals surface area (Å²) in [6.45, 7) is 16.5. The van der Waals surface area contributed by atoms with Gasteiger partial charge in [0.2, 0.25) is 0 Å². The van der Waals surface area contributed by atoms with Crippen molar-refractivity contribution in [1.82, 2.24) is 0 Å². The van der Waals surface area contributed by atoms with Crippen LogP contribution in [-0.4, -0.2) is 0 Å². The third-order valence-electron chi connectivity index (χ3n) is 7.15. The molecule has 0 heteroatoms. The molecule has 0 aromatic heterocycles. The highest BCUT2D eigenvalue weighted by Crippen LogP contribution is 2.50. The van der Waals surface area contributed by atoms with Crippen molar-refractivity contribution in [3.05, 3.63) is 59.7 Å². The van der Waals surface area contributed by atoms with E-state index in [1.807, 2.05) is 0 Å². The van der Waals surface area contributed by atoms with Crippen LogP contribution in [-0.2, 0) is 10.8 Å². The van der Waals surface area contributed by atoms with Crippen LogP contribution in [0.1, 0.15) is 85.3 Å². The molecule has 0 saturated heterocycles. The van der Waals surface area contributed by atoms with E-state index < -0.39 is 0 Å². The minimum atomic E-state index is 0.209. The van der Waals surface area contributed by atoms with Gasteiger partial charge in [-0.1, -0.05) is 97.0 Å². The van der Waals surface area contributed by atoms with E-state index >= 15 is 0 Å². The van der Waals surface area contributed by atoms with Crippen molar-refractivity contribution in [1.29, 1.82) is 0 Å². The fourth-order valence-corrected chi connectivity index (χ4v) is 4.73. The summed E-state index contributed by atoms with van der Waals surface area (Å²) in [7, 11) is 0. The van der Waals surface area contributed by atoms with Crippen LogP contribution in [0.15, 0.2) is 48.5 Å². The first-order chi connectivity index (χ1) is 12.5. The first kappa shape index (κ1) is 20.2. The van der Waals surface area contributed by atoms with Crippen molar-refractivity contribution in [3.8, 4) is 11.1 Å². The zero-order chi connectivity index (χ0) is 19.9. The molecule has 0 nitrogen and oxygen atoms in total. The highest BCUT2D eigenvalue weighted by atomic mass is 14.5. The molecule has 146 valence electrons. The van der Waals surface area contributed by atoms with Crippen molar-refractivity contribution >= 4 is 0 Å². The Bertz CT molecular complexity index is 741. The van der Waals surface area contributed by atoms with E-state index in [1.54, 1.807) is 5.56 Å². The van der Waals surface area contributed by atoms with E-state index in [4.69, 9.17) is 0 Å². The molecule has 0 atom stereocenters. The van der Waals surface area contributed by atoms with Crippen LogP contribution in [0, 0.1) is 11.3 Å². The SMILES string of the molecule is CC(C)C1(c2ccc(-c3ccc(C(C)(C)C)cc3)cc2)CCC(C)(C)CC1. The van der Waals surface area contributed by atoms with Gasteiger partial charge in [-0.15, -0.1) is 0 Å². The van der Waals surface area contributed by atoms with Gasteiger partial charge in [0.1, 0.15) is 0 Å². The van der Waals surface area contributed by atoms with Crippen molar-refractivity contribution in [2.75, 3.05) is 0 Å². The van der Waals surface area contributed by atoms with E-state index in [9.17, 15) is 0 Å². The minimum Gasteiger partial charge on any atom is -0.0619 e. The maximum atomic E-state index is 2.43. The molecule has 0 spiro atoms. The molecule has 1 fully saturated rings. The van der Waals surface area contributed by atoms with Gasteiger partial charge < -0.3 is 0 Å². The van der Waals surface area contributed by atoms with Gasteiger partial charge in [-0.25, -0.2) is 0 Å². The summed E-state index contributed by atoms with van der Waals surface area (Å²) in [6, 6.07) is 18.6. The summed E-state index contributed by atoms with van der Waals surface area (Å²) in [5.41, 5.74) is 6.65. The first-order valence-corrected chi connectivity index (χ1v) is 10.8. The van der Waals surface area contributed by atoms with E-state index in [1.165, 1.54) is 42.4 Å². The second-order valence-electron chi connectivity index (χ2n) is 10.9. The first-order valence-electron chi connectivity index (χ1n) is 10.8. The van der Waals surface area contributed by atoms with Crippen LogP contribution in [0.2, 0.25) is 0 Å². The summed E-state index contributed by atoms with van der Waals surface area (Å²) < 4.78 is 0. The third-order valence-corrected chi connectivity index (χ3v) is 7.15. The number of hydrogen-bond acceptors (Lipinski definition) is 0. The molecule has 0 N–H and O–H groups in total. The summed E-state index contributed by atoms with van der Waals surface area (Å²) in [4.78, 5) is 0. The Kier molecular flexibility index (Phi) is 5.32. The Hall–Kier alpha value is -1.56. The van der Waals surface area contributed by atoms with Crippen molar-refractivity contribution in [2.45, 2.75) is 85.0 Å². The summed E-state index contributed by atoms with van der Waals surface area (Å²) in [5, 5.41) is 0. The summed E-state index contributed by atoms with van der Waals surface area (Å²) in [5.74, 6) is 0.686. The fraction of sp³-hybridized carbons (Fsp3) is 0.556. The zero-order valence-electron chi connectivity index (χ0n) is 18.5. The molecule has 1 aliphatic rings. The average Bonchev–Trinajstić information content (AvgIpc) is 2.61. The van der Waals surface area contributed by atoms with Gasteiger partial charge in [0, 0.05) is 0 Å². The Morgan fingerprint density at radius 1 is 0.704 bits per heavy atom. The molecule has 0 radical (unpaired) electrons. The summed E-state index contributed by atoms with van der Waals surface area (Å²) in [6.07, 6.45) is 5.30. The van der Waals surface area contributed by atoms with Crippen molar-refractivity contribution in [3.63, 3.8) is 0 Å². The largest absolute Gasteiger partial charge is 0.0619 e. The molecule has 27 heavy (non-hydrogen) atoms. The van der Waals surface area contributed by atoms with E-state index in [0.29, 0.717) is 16.7 Å². The Balaban J connectivity index is 1.86. The smallest absolute Gasteiger partial charge is 0.00236 e. The standard InChI is InChI=1S/C27H38/c1-20(2)27(18-16-26(6,7)17-19-27)24-14-10-22(11-15-24)21-8-12-23(13-9-21)25(3,4)5/h8-15,20H,16-19H2,1-7H3. The molecule has 0 unspecified atom stereocenters. The average molecular weight is 363 g/mol. The normalized spacial score (nSPS) is 19.3. The fourth-order valence-electron chi connectivity index (χ4n) is 4.73. The summed E-state index contributed by atoms with van der Waals surface area (Å²) >= 11 is 0. The van der Waals surface area contributed by atoms with Crippen LogP contribution in [0.5, 0.6) is 0 Å². The van der Waals surface area contributed by atoms with Crippen LogP contribution in [0.25, 0.3) is 11.1 Å². The quantitative estimate of drug-likeness (QED) is 0.517. The molecule has 1 aliphatic carbocycles. The molecule has 0 bridgehead atoms. The third kappa shape index (κ3) is 4.15. The van der Waals surface area contributed by atoms with Gasteiger partial charge in [0.15, 0.2) is 0 Å². The molecule has 1 saturated carbocycles. The van der Waals surface area contributed by atoms with Gasteiger partial charge in [0.25, 0.3) is 0 Å². The Labute approximate surface area is 167 Å². The van der Waals surface area contributed by atoms with E-state index in [0.717, 1.165) is 0 Å². The lowest BCUT2D eigenvalue weighted by atomic mass is 9.58. The lowest BCUT2D eigenvalue weighted by molar-refractivity contribution is 0.125. The topological polar surface area (TPSA) is 0 Å². The molecular weight excluding hydrogens is 324 g/mol. The highest BCUT2D eigenvalue weighted by molar-refractivity contribution is 5.64. The van der Waals surface area contributed by atoms with E-state index in [-0.39, 0.29) is 5.41 Å². The van der Waals surface area contributed by atoms with Crippen LogP contribution in [0.3, 0.4) is 0 Å². The van der Waals surface area contributed by atoms with Gasteiger partial charge in [0.05, 0.1) is 0 Å². The lowest BCUT2D eigenvalue weighted by Gasteiger charge is -2.47. The van der Waals surface area contributed by atoms with Gasteiger partial charge in [-0.05, 0) is 70.1 Å².